The number of amides is 2. The van der Waals surface area contributed by atoms with Crippen molar-refractivity contribution in [1.82, 2.24) is 19.8 Å². The molecule has 12 nitrogen and oxygen atoms in total. The van der Waals surface area contributed by atoms with Crippen LogP contribution in [0.2, 0.25) is 0 Å². The topological polar surface area (TPSA) is 137 Å². The van der Waals surface area contributed by atoms with Crippen LogP contribution in [0.1, 0.15) is 71.3 Å². The highest BCUT2D eigenvalue weighted by molar-refractivity contribution is 9.08. The summed E-state index contributed by atoms with van der Waals surface area (Å²) in [6.07, 6.45) is -2.58. The number of nitrogens with zero attached hydrogens (tertiary/aromatic N) is 4. The number of esters is 2. The van der Waals surface area contributed by atoms with Crippen molar-refractivity contribution in [3.63, 3.8) is 0 Å². The van der Waals surface area contributed by atoms with Gasteiger partial charge in [0.05, 0.1) is 11.4 Å². The van der Waals surface area contributed by atoms with Crippen molar-refractivity contribution in [2.75, 3.05) is 0 Å². The van der Waals surface area contributed by atoms with E-state index in [0.717, 1.165) is 22.5 Å². The van der Waals surface area contributed by atoms with Crippen LogP contribution in [0.25, 0.3) is 0 Å². The van der Waals surface area contributed by atoms with Crippen LogP contribution in [-0.2, 0) is 65.3 Å². The fourth-order valence-corrected chi connectivity index (χ4v) is 8.17. The molecule has 0 unspecified atom stereocenters. The SMILES string of the molecule is C[C@@]1(Cc2cccc(CBr)n2)C(=O)O[C@@H](c2ccccc2)N1C(=O)OCc1ccccc1.C[C@@]1(Cc2cccc(CBr)n2)C(=O)O[C@@H](c2ccccc2)N1C(=O)OCc1ccccc1. The van der Waals surface area contributed by atoms with Crippen LogP contribution in [0.15, 0.2) is 158 Å². The molecule has 2 aromatic heterocycles. The zero-order valence-corrected chi connectivity index (χ0v) is 38.4. The van der Waals surface area contributed by atoms with E-state index in [1.54, 1.807) is 13.8 Å². The lowest BCUT2D eigenvalue weighted by atomic mass is 9.94. The Balaban J connectivity index is 0.000000191. The van der Waals surface area contributed by atoms with Gasteiger partial charge in [0.25, 0.3) is 0 Å². The molecule has 2 saturated heterocycles. The second-order valence-corrected chi connectivity index (χ2v) is 16.7. The van der Waals surface area contributed by atoms with Crippen LogP contribution in [0, 0.1) is 0 Å². The van der Waals surface area contributed by atoms with Crippen LogP contribution < -0.4 is 0 Å². The normalized spacial score (nSPS) is 20.1. The van der Waals surface area contributed by atoms with Crippen LogP contribution in [0.3, 0.4) is 0 Å². The first-order valence-electron chi connectivity index (χ1n) is 20.6. The monoisotopic (exact) mass is 988 g/mol. The lowest BCUT2D eigenvalue weighted by molar-refractivity contribution is -0.146. The van der Waals surface area contributed by atoms with E-state index in [4.69, 9.17) is 18.9 Å². The molecule has 0 N–H and O–H groups in total. The van der Waals surface area contributed by atoms with E-state index in [1.165, 1.54) is 9.80 Å². The maximum atomic E-state index is 13.3. The number of alkyl halides is 2. The fourth-order valence-electron chi connectivity index (χ4n) is 7.54. The minimum Gasteiger partial charge on any atom is -0.444 e. The van der Waals surface area contributed by atoms with Crippen molar-refractivity contribution in [3.8, 4) is 0 Å². The molecule has 64 heavy (non-hydrogen) atoms. The van der Waals surface area contributed by atoms with Crippen LogP contribution in [-0.4, -0.2) is 55.0 Å². The van der Waals surface area contributed by atoms with Crippen LogP contribution in [0.5, 0.6) is 0 Å². The average Bonchev–Trinajstić information content (AvgIpc) is 3.75. The van der Waals surface area contributed by atoms with Gasteiger partial charge < -0.3 is 18.9 Å². The van der Waals surface area contributed by atoms with E-state index >= 15 is 0 Å². The summed E-state index contributed by atoms with van der Waals surface area (Å²) in [4.78, 5) is 64.8. The first kappa shape index (κ1) is 45.6. The van der Waals surface area contributed by atoms with Gasteiger partial charge in [0.15, 0.2) is 11.1 Å². The van der Waals surface area contributed by atoms with E-state index in [0.29, 0.717) is 33.2 Å². The third kappa shape index (κ3) is 10.5. The molecule has 4 atom stereocenters. The summed E-state index contributed by atoms with van der Waals surface area (Å²) in [5, 5.41) is 1.19. The van der Waals surface area contributed by atoms with E-state index in [1.807, 2.05) is 158 Å². The molecule has 328 valence electrons. The molecule has 2 amide bonds. The van der Waals surface area contributed by atoms with Crippen molar-refractivity contribution in [2.45, 2.75) is 74.1 Å². The molecule has 2 aliphatic rings. The molecule has 0 spiro atoms. The Kier molecular flexibility index (Phi) is 14.9. The first-order chi connectivity index (χ1) is 31.0. The van der Waals surface area contributed by atoms with Gasteiger partial charge in [-0.15, -0.1) is 0 Å². The lowest BCUT2D eigenvalue weighted by Gasteiger charge is -2.32. The van der Waals surface area contributed by atoms with Gasteiger partial charge in [0, 0.05) is 46.0 Å². The number of carbonyl (C=O) groups is 4. The van der Waals surface area contributed by atoms with Crippen molar-refractivity contribution in [1.29, 1.82) is 0 Å². The summed E-state index contributed by atoms with van der Waals surface area (Å²) in [7, 11) is 0. The van der Waals surface area contributed by atoms with Crippen molar-refractivity contribution in [3.05, 3.63) is 203 Å². The maximum Gasteiger partial charge on any atom is 0.414 e. The lowest BCUT2D eigenvalue weighted by Crippen LogP contribution is -2.51. The number of pyridine rings is 2. The van der Waals surface area contributed by atoms with Gasteiger partial charge in [-0.25, -0.2) is 19.2 Å². The van der Waals surface area contributed by atoms with Gasteiger partial charge >= 0.3 is 24.1 Å². The van der Waals surface area contributed by atoms with Gasteiger partial charge in [-0.2, -0.15) is 0 Å². The number of aromatic nitrogens is 2. The Hall–Kier alpha value is -6.38. The Morgan fingerprint density at radius 1 is 0.516 bits per heavy atom. The van der Waals surface area contributed by atoms with E-state index in [9.17, 15) is 19.2 Å². The zero-order chi connectivity index (χ0) is 45.1. The van der Waals surface area contributed by atoms with Crippen molar-refractivity contribution in [2.24, 2.45) is 0 Å². The van der Waals surface area contributed by atoms with Crippen LogP contribution in [0.4, 0.5) is 9.59 Å². The minimum atomic E-state index is -1.27. The van der Waals surface area contributed by atoms with E-state index in [-0.39, 0.29) is 26.1 Å². The Labute approximate surface area is 388 Å². The number of cyclic esters (lactones) is 2. The molecule has 0 saturated carbocycles. The predicted octanol–water partition coefficient (Wildman–Crippen LogP) is 10.3. The number of carbonyl (C=O) groups excluding carboxylic acids is 4. The van der Waals surface area contributed by atoms with Crippen molar-refractivity contribution < 1.29 is 38.1 Å². The number of hydrogen-bond donors (Lipinski definition) is 0. The Morgan fingerprint density at radius 2 is 0.844 bits per heavy atom. The third-order valence-electron chi connectivity index (χ3n) is 10.9. The molecule has 0 aliphatic carbocycles. The fraction of sp³-hybridized carbons (Fsp3) is 0.240. The van der Waals surface area contributed by atoms with Gasteiger partial charge in [-0.1, -0.05) is 165 Å². The number of halogens is 2. The summed E-state index contributed by atoms with van der Waals surface area (Å²) in [6.45, 7) is 3.59. The quantitative estimate of drug-likeness (QED) is 0.0662. The molecule has 2 aliphatic heterocycles. The highest BCUT2D eigenvalue weighted by Gasteiger charge is 2.57. The van der Waals surface area contributed by atoms with Crippen molar-refractivity contribution >= 4 is 56.0 Å². The Morgan fingerprint density at radius 3 is 1.19 bits per heavy atom. The highest BCUT2D eigenvalue weighted by atomic mass is 79.9. The molecule has 14 heteroatoms. The third-order valence-corrected chi connectivity index (χ3v) is 12.0. The van der Waals surface area contributed by atoms with E-state index < -0.39 is 47.7 Å². The Bertz CT molecular complexity index is 2360. The summed E-state index contributed by atoms with van der Waals surface area (Å²) < 4.78 is 22.7. The molecule has 4 heterocycles. The summed E-state index contributed by atoms with van der Waals surface area (Å²) in [6, 6.07) is 48.5. The molecule has 0 radical (unpaired) electrons. The largest absolute Gasteiger partial charge is 0.444 e. The average molecular weight is 991 g/mol. The van der Waals surface area contributed by atoms with E-state index in [2.05, 4.69) is 41.8 Å². The summed E-state index contributed by atoms with van der Waals surface area (Å²) in [5.41, 5.74) is 3.64. The standard InChI is InChI=1S/2C25H23BrN2O4/c2*1-25(15-20-13-8-14-21(16-26)27-20)23(29)32-22(19-11-6-3-7-12-19)28(25)24(30)31-17-18-9-4-2-5-10-18/h2*2-14,22H,15-17H2,1H3/t2*22-,25+/m00/s1. The maximum absolute atomic E-state index is 13.3. The van der Waals surface area contributed by atoms with Gasteiger partial charge in [-0.05, 0) is 49.2 Å². The molecular weight excluding hydrogens is 944 g/mol. The van der Waals surface area contributed by atoms with Gasteiger partial charge in [-0.3, -0.25) is 19.8 Å². The molecule has 0 bridgehead atoms. The number of benzene rings is 4. The summed E-state index contributed by atoms with van der Waals surface area (Å²) >= 11 is 6.82. The van der Waals surface area contributed by atoms with Crippen LogP contribution >= 0.6 is 31.9 Å². The smallest absolute Gasteiger partial charge is 0.414 e. The number of ether oxygens (including phenoxy) is 4. The van der Waals surface area contributed by atoms with Gasteiger partial charge in [0.1, 0.15) is 13.2 Å². The molecular formula is C50H46Br2N4O8. The minimum absolute atomic E-state index is 0.0965. The second-order valence-electron chi connectivity index (χ2n) is 15.6. The first-order valence-corrected chi connectivity index (χ1v) is 22.8. The number of hydrogen-bond acceptors (Lipinski definition) is 10. The molecule has 4 aromatic carbocycles. The highest BCUT2D eigenvalue weighted by Crippen LogP contribution is 2.42. The zero-order valence-electron chi connectivity index (χ0n) is 35.2. The predicted molar refractivity (Wildman–Crippen MR) is 245 cm³/mol. The molecule has 8 rings (SSSR count). The summed E-state index contributed by atoms with van der Waals surface area (Å²) in [5.74, 6) is -0.983. The number of rotatable bonds is 12. The van der Waals surface area contributed by atoms with Gasteiger partial charge in [0.2, 0.25) is 12.5 Å². The second kappa shape index (κ2) is 20.9. The molecule has 6 aromatic rings. The molecule has 2 fully saturated rings.